The maximum absolute atomic E-state index is 12.7. The molecule has 0 aliphatic heterocycles. The molecule has 0 spiro atoms. The number of methoxy groups -OCH3 is 1. The van der Waals surface area contributed by atoms with Gasteiger partial charge < -0.3 is 4.74 Å². The molecule has 0 heterocycles. The van der Waals surface area contributed by atoms with Crippen molar-refractivity contribution in [3.8, 4) is 5.75 Å². The summed E-state index contributed by atoms with van der Waals surface area (Å²) in [7, 11) is 1.62. The number of halogens is 1. The molecule has 0 atom stereocenters. The first-order chi connectivity index (χ1) is 8.28. The number of rotatable bonds is 3. The second kappa shape index (κ2) is 5.25. The van der Waals surface area contributed by atoms with Crippen molar-refractivity contribution in [1.29, 1.82) is 0 Å². The van der Waals surface area contributed by atoms with Crippen LogP contribution in [-0.4, -0.2) is 13.3 Å². The predicted molar refractivity (Wildman–Crippen MR) is 66.6 cm³/mol. The molecule has 0 radical (unpaired) electrons. The van der Waals surface area contributed by atoms with Crippen molar-refractivity contribution >= 4 is 11.9 Å². The van der Waals surface area contributed by atoms with Crippen LogP contribution >= 0.6 is 0 Å². The van der Waals surface area contributed by atoms with Crippen molar-refractivity contribution in [2.24, 2.45) is 4.99 Å². The minimum Gasteiger partial charge on any atom is -0.497 e. The van der Waals surface area contributed by atoms with Gasteiger partial charge in [-0.25, -0.2) is 4.39 Å². The van der Waals surface area contributed by atoms with E-state index >= 15 is 0 Å². The zero-order valence-electron chi connectivity index (χ0n) is 9.43. The molecule has 0 saturated carbocycles. The SMILES string of the molecule is COc1ccc(/N=C/c2ccc(F)cc2)cc1. The van der Waals surface area contributed by atoms with Gasteiger partial charge in [0.05, 0.1) is 12.8 Å². The Kier molecular flexibility index (Phi) is 3.50. The monoisotopic (exact) mass is 229 g/mol. The minimum absolute atomic E-state index is 0.244. The van der Waals surface area contributed by atoms with Crippen molar-refractivity contribution in [2.75, 3.05) is 7.11 Å². The summed E-state index contributed by atoms with van der Waals surface area (Å²) in [6.45, 7) is 0. The quantitative estimate of drug-likeness (QED) is 0.737. The van der Waals surface area contributed by atoms with Gasteiger partial charge in [0.25, 0.3) is 0 Å². The van der Waals surface area contributed by atoms with Gasteiger partial charge in [0.1, 0.15) is 11.6 Å². The highest BCUT2D eigenvalue weighted by molar-refractivity contribution is 5.81. The Balaban J connectivity index is 2.11. The van der Waals surface area contributed by atoms with Crippen molar-refractivity contribution in [3.63, 3.8) is 0 Å². The number of hydrogen-bond donors (Lipinski definition) is 0. The molecule has 0 N–H and O–H groups in total. The number of benzene rings is 2. The minimum atomic E-state index is -0.244. The van der Waals surface area contributed by atoms with E-state index in [0.717, 1.165) is 17.0 Å². The van der Waals surface area contributed by atoms with Gasteiger partial charge in [0.15, 0.2) is 0 Å². The third-order valence-corrected chi connectivity index (χ3v) is 2.31. The van der Waals surface area contributed by atoms with Gasteiger partial charge in [-0.05, 0) is 42.0 Å². The fraction of sp³-hybridized carbons (Fsp3) is 0.0714. The first kappa shape index (κ1) is 11.3. The first-order valence-corrected chi connectivity index (χ1v) is 5.21. The van der Waals surface area contributed by atoms with E-state index in [1.165, 1.54) is 12.1 Å². The lowest BCUT2D eigenvalue weighted by atomic mass is 10.2. The molecule has 0 aliphatic carbocycles. The molecule has 0 aliphatic rings. The average molecular weight is 229 g/mol. The van der Waals surface area contributed by atoms with Crippen LogP contribution in [0.5, 0.6) is 5.75 Å². The Morgan fingerprint density at radius 3 is 2.24 bits per heavy atom. The molecule has 0 aromatic heterocycles. The van der Waals surface area contributed by atoms with Crippen LogP contribution in [0.1, 0.15) is 5.56 Å². The summed E-state index contributed by atoms with van der Waals surface area (Å²) in [6, 6.07) is 13.6. The summed E-state index contributed by atoms with van der Waals surface area (Å²) in [5.74, 6) is 0.553. The molecule has 2 nitrogen and oxygen atoms in total. The molecular formula is C14H12FNO. The summed E-state index contributed by atoms with van der Waals surface area (Å²) in [4.78, 5) is 4.28. The lowest BCUT2D eigenvalue weighted by Gasteiger charge is -1.98. The van der Waals surface area contributed by atoms with Crippen LogP contribution in [0.4, 0.5) is 10.1 Å². The maximum atomic E-state index is 12.7. The average Bonchev–Trinajstić information content (AvgIpc) is 2.39. The van der Waals surface area contributed by atoms with E-state index in [0.29, 0.717) is 0 Å². The lowest BCUT2D eigenvalue weighted by Crippen LogP contribution is -1.82. The van der Waals surface area contributed by atoms with Crippen LogP contribution in [0.25, 0.3) is 0 Å². The summed E-state index contributed by atoms with van der Waals surface area (Å²) >= 11 is 0. The molecule has 0 unspecified atom stereocenters. The van der Waals surface area contributed by atoms with E-state index in [4.69, 9.17) is 4.74 Å². The van der Waals surface area contributed by atoms with Gasteiger partial charge in [-0.2, -0.15) is 0 Å². The summed E-state index contributed by atoms with van der Waals surface area (Å²) in [5.41, 5.74) is 1.69. The van der Waals surface area contributed by atoms with E-state index in [9.17, 15) is 4.39 Å². The van der Waals surface area contributed by atoms with E-state index in [1.807, 2.05) is 24.3 Å². The lowest BCUT2D eigenvalue weighted by molar-refractivity contribution is 0.415. The highest BCUT2D eigenvalue weighted by Crippen LogP contribution is 2.17. The van der Waals surface area contributed by atoms with Crippen LogP contribution < -0.4 is 4.74 Å². The molecule has 0 fully saturated rings. The highest BCUT2D eigenvalue weighted by Gasteiger charge is 1.92. The molecule has 2 aromatic carbocycles. The third-order valence-electron chi connectivity index (χ3n) is 2.31. The topological polar surface area (TPSA) is 21.6 Å². The van der Waals surface area contributed by atoms with Crippen molar-refractivity contribution in [2.45, 2.75) is 0 Å². The van der Waals surface area contributed by atoms with E-state index in [-0.39, 0.29) is 5.82 Å². The fourth-order valence-corrected chi connectivity index (χ4v) is 1.37. The number of nitrogens with zero attached hydrogens (tertiary/aromatic N) is 1. The second-order valence-corrected chi connectivity index (χ2v) is 3.51. The van der Waals surface area contributed by atoms with Crippen molar-refractivity contribution in [1.82, 2.24) is 0 Å². The largest absolute Gasteiger partial charge is 0.497 e. The molecule has 3 heteroatoms. The van der Waals surface area contributed by atoms with Gasteiger partial charge in [-0.3, -0.25) is 4.99 Å². The van der Waals surface area contributed by atoms with E-state index < -0.39 is 0 Å². The Morgan fingerprint density at radius 2 is 1.65 bits per heavy atom. The Morgan fingerprint density at radius 1 is 1.00 bits per heavy atom. The summed E-state index contributed by atoms with van der Waals surface area (Å²) in [6.07, 6.45) is 1.70. The normalized spacial score (nSPS) is 10.7. The molecular weight excluding hydrogens is 217 g/mol. The Hall–Kier alpha value is -2.16. The van der Waals surface area contributed by atoms with Gasteiger partial charge in [-0.1, -0.05) is 12.1 Å². The summed E-state index contributed by atoms with van der Waals surface area (Å²) in [5, 5.41) is 0. The van der Waals surface area contributed by atoms with Crippen LogP contribution in [0, 0.1) is 5.82 Å². The molecule has 2 rings (SSSR count). The highest BCUT2D eigenvalue weighted by atomic mass is 19.1. The van der Waals surface area contributed by atoms with E-state index in [2.05, 4.69) is 4.99 Å². The van der Waals surface area contributed by atoms with Crippen LogP contribution in [0.2, 0.25) is 0 Å². The zero-order valence-corrected chi connectivity index (χ0v) is 9.43. The van der Waals surface area contributed by atoms with Gasteiger partial charge in [-0.15, -0.1) is 0 Å². The number of hydrogen-bond acceptors (Lipinski definition) is 2. The number of ether oxygens (including phenoxy) is 1. The zero-order chi connectivity index (χ0) is 12.1. The van der Waals surface area contributed by atoms with E-state index in [1.54, 1.807) is 25.5 Å². The molecule has 2 aromatic rings. The fourth-order valence-electron chi connectivity index (χ4n) is 1.37. The molecule has 17 heavy (non-hydrogen) atoms. The molecule has 0 saturated heterocycles. The van der Waals surface area contributed by atoms with Crippen LogP contribution in [0.15, 0.2) is 53.5 Å². The third kappa shape index (κ3) is 3.14. The van der Waals surface area contributed by atoms with Gasteiger partial charge in [0.2, 0.25) is 0 Å². The Bertz CT molecular complexity index is 503. The molecule has 86 valence electrons. The number of aliphatic imine (C=N–C) groups is 1. The van der Waals surface area contributed by atoms with Gasteiger partial charge >= 0.3 is 0 Å². The first-order valence-electron chi connectivity index (χ1n) is 5.21. The van der Waals surface area contributed by atoms with Gasteiger partial charge in [0, 0.05) is 6.21 Å². The summed E-state index contributed by atoms with van der Waals surface area (Å²) < 4.78 is 17.7. The standard InChI is InChI=1S/C14H12FNO/c1-17-14-8-6-13(7-9-14)16-10-11-2-4-12(15)5-3-11/h2-10H,1H3/b16-10+. The maximum Gasteiger partial charge on any atom is 0.123 e. The van der Waals surface area contributed by atoms with Crippen molar-refractivity contribution in [3.05, 3.63) is 59.9 Å². The Labute approximate surface area is 99.4 Å². The molecule has 0 amide bonds. The molecule has 0 bridgehead atoms. The van der Waals surface area contributed by atoms with Crippen LogP contribution in [0.3, 0.4) is 0 Å². The van der Waals surface area contributed by atoms with Crippen molar-refractivity contribution < 1.29 is 9.13 Å². The predicted octanol–water partition coefficient (Wildman–Crippen LogP) is 3.58. The second-order valence-electron chi connectivity index (χ2n) is 3.51. The smallest absolute Gasteiger partial charge is 0.123 e. The van der Waals surface area contributed by atoms with Crippen LogP contribution in [-0.2, 0) is 0 Å².